The van der Waals surface area contributed by atoms with Gasteiger partial charge in [0.05, 0.1) is 0 Å². The standard InChI is InChI=1S/C12H19ClN2/c1-8-6-10(15-9(2)14-8)7-11(13)12(3,4)5/h6,11H,7H2,1-5H3. The number of hydrogen-bond donors (Lipinski definition) is 0. The van der Waals surface area contributed by atoms with Crippen molar-refractivity contribution in [3.8, 4) is 0 Å². The molecule has 84 valence electrons. The quantitative estimate of drug-likeness (QED) is 0.724. The molecule has 0 bridgehead atoms. The second-order valence-corrected chi connectivity index (χ2v) is 5.61. The SMILES string of the molecule is Cc1cc(CC(Cl)C(C)(C)C)nc(C)n1. The van der Waals surface area contributed by atoms with Crippen molar-refractivity contribution in [3.05, 3.63) is 23.3 Å². The van der Waals surface area contributed by atoms with Crippen molar-refractivity contribution in [3.63, 3.8) is 0 Å². The molecule has 3 heteroatoms. The molecular weight excluding hydrogens is 208 g/mol. The van der Waals surface area contributed by atoms with Crippen LogP contribution in [0.5, 0.6) is 0 Å². The molecule has 2 nitrogen and oxygen atoms in total. The minimum absolute atomic E-state index is 0.103. The third kappa shape index (κ3) is 3.78. The summed E-state index contributed by atoms with van der Waals surface area (Å²) in [4.78, 5) is 8.64. The minimum atomic E-state index is 0.103. The summed E-state index contributed by atoms with van der Waals surface area (Å²) < 4.78 is 0. The fourth-order valence-corrected chi connectivity index (χ4v) is 1.55. The normalized spacial score (nSPS) is 14.0. The predicted molar refractivity (Wildman–Crippen MR) is 64.3 cm³/mol. The monoisotopic (exact) mass is 226 g/mol. The number of hydrogen-bond acceptors (Lipinski definition) is 2. The van der Waals surface area contributed by atoms with Crippen molar-refractivity contribution in [2.75, 3.05) is 0 Å². The van der Waals surface area contributed by atoms with Crippen LogP contribution in [0.15, 0.2) is 6.07 Å². The molecule has 1 unspecified atom stereocenters. The van der Waals surface area contributed by atoms with Crippen molar-refractivity contribution in [2.45, 2.75) is 46.4 Å². The van der Waals surface area contributed by atoms with Crippen molar-refractivity contribution in [1.29, 1.82) is 0 Å². The van der Waals surface area contributed by atoms with Crippen molar-refractivity contribution < 1.29 is 0 Å². The molecule has 15 heavy (non-hydrogen) atoms. The van der Waals surface area contributed by atoms with Gasteiger partial charge in [0.15, 0.2) is 0 Å². The van der Waals surface area contributed by atoms with Gasteiger partial charge in [0.25, 0.3) is 0 Å². The Morgan fingerprint density at radius 1 is 1.27 bits per heavy atom. The van der Waals surface area contributed by atoms with E-state index in [-0.39, 0.29) is 10.8 Å². The predicted octanol–water partition coefficient (Wildman–Crippen LogP) is 3.29. The number of alkyl halides is 1. The van der Waals surface area contributed by atoms with Crippen molar-refractivity contribution >= 4 is 11.6 Å². The van der Waals surface area contributed by atoms with Gasteiger partial charge in [-0.25, -0.2) is 9.97 Å². The first-order valence-corrected chi connectivity index (χ1v) is 5.68. The number of nitrogens with zero attached hydrogens (tertiary/aromatic N) is 2. The van der Waals surface area contributed by atoms with Crippen LogP contribution in [0.4, 0.5) is 0 Å². The lowest BCUT2D eigenvalue weighted by atomic mass is 9.89. The van der Waals surface area contributed by atoms with Crippen LogP contribution in [0.1, 0.15) is 38.0 Å². The molecule has 1 rings (SSSR count). The highest BCUT2D eigenvalue weighted by Gasteiger charge is 2.23. The first kappa shape index (κ1) is 12.4. The molecule has 0 aliphatic carbocycles. The van der Waals surface area contributed by atoms with E-state index in [9.17, 15) is 0 Å². The zero-order valence-electron chi connectivity index (χ0n) is 10.1. The van der Waals surface area contributed by atoms with Crippen LogP contribution < -0.4 is 0 Å². The first-order valence-electron chi connectivity index (χ1n) is 5.24. The summed E-state index contributed by atoms with van der Waals surface area (Å²) in [5.41, 5.74) is 2.15. The third-order valence-corrected chi connectivity index (χ3v) is 3.16. The molecule has 1 heterocycles. The summed E-state index contributed by atoms with van der Waals surface area (Å²) in [7, 11) is 0. The van der Waals surface area contributed by atoms with Crippen molar-refractivity contribution in [2.24, 2.45) is 5.41 Å². The average Bonchev–Trinajstić information content (AvgIpc) is 1.99. The Kier molecular flexibility index (Phi) is 3.72. The topological polar surface area (TPSA) is 25.8 Å². The Morgan fingerprint density at radius 2 is 1.87 bits per heavy atom. The van der Waals surface area contributed by atoms with E-state index in [0.717, 1.165) is 23.6 Å². The van der Waals surface area contributed by atoms with E-state index in [1.165, 1.54) is 0 Å². The molecule has 0 amide bonds. The fraction of sp³-hybridized carbons (Fsp3) is 0.667. The van der Waals surface area contributed by atoms with Crippen LogP contribution in [-0.2, 0) is 6.42 Å². The summed E-state index contributed by atoms with van der Waals surface area (Å²) in [6.45, 7) is 10.3. The van der Waals surface area contributed by atoms with E-state index in [0.29, 0.717) is 0 Å². The molecule has 0 spiro atoms. The molecule has 0 aliphatic heterocycles. The number of rotatable bonds is 2. The Hall–Kier alpha value is -0.630. The van der Waals surface area contributed by atoms with Gasteiger partial charge < -0.3 is 0 Å². The van der Waals surface area contributed by atoms with E-state index in [1.54, 1.807) is 0 Å². The second-order valence-electron chi connectivity index (χ2n) is 5.09. The fourth-order valence-electron chi connectivity index (χ4n) is 1.39. The largest absolute Gasteiger partial charge is 0.239 e. The van der Waals surface area contributed by atoms with E-state index in [2.05, 4.69) is 30.7 Å². The average molecular weight is 227 g/mol. The van der Waals surface area contributed by atoms with Crippen molar-refractivity contribution in [1.82, 2.24) is 9.97 Å². The molecule has 0 saturated heterocycles. The summed E-state index contributed by atoms with van der Waals surface area (Å²) >= 11 is 6.34. The molecule has 0 aliphatic rings. The van der Waals surface area contributed by atoms with Crippen LogP contribution in [-0.4, -0.2) is 15.3 Å². The minimum Gasteiger partial charge on any atom is -0.239 e. The Morgan fingerprint density at radius 3 is 2.33 bits per heavy atom. The lowest BCUT2D eigenvalue weighted by Crippen LogP contribution is -2.23. The molecule has 1 aromatic heterocycles. The van der Waals surface area contributed by atoms with Gasteiger partial charge in [0, 0.05) is 23.2 Å². The van der Waals surface area contributed by atoms with Crippen LogP contribution in [0.2, 0.25) is 0 Å². The molecule has 0 aromatic carbocycles. The van der Waals surface area contributed by atoms with Gasteiger partial charge in [-0.2, -0.15) is 0 Å². The second kappa shape index (κ2) is 4.48. The zero-order chi connectivity index (χ0) is 11.6. The zero-order valence-corrected chi connectivity index (χ0v) is 10.9. The van der Waals surface area contributed by atoms with E-state index < -0.39 is 0 Å². The number of aromatic nitrogens is 2. The maximum Gasteiger partial charge on any atom is 0.125 e. The molecular formula is C12H19ClN2. The lowest BCUT2D eigenvalue weighted by molar-refractivity contribution is 0.384. The van der Waals surface area contributed by atoms with Gasteiger partial charge >= 0.3 is 0 Å². The van der Waals surface area contributed by atoms with Gasteiger partial charge in [0.2, 0.25) is 0 Å². The number of aryl methyl sites for hydroxylation is 2. The maximum absolute atomic E-state index is 6.34. The molecule has 1 atom stereocenters. The van der Waals surface area contributed by atoms with Crippen LogP contribution >= 0.6 is 11.6 Å². The van der Waals surface area contributed by atoms with Crippen LogP contribution in [0, 0.1) is 19.3 Å². The number of halogens is 1. The molecule has 1 aromatic rings. The van der Waals surface area contributed by atoms with Crippen LogP contribution in [0.25, 0.3) is 0 Å². The molecule has 0 N–H and O–H groups in total. The summed E-state index contributed by atoms with van der Waals surface area (Å²) in [5.74, 6) is 0.822. The first-order chi connectivity index (χ1) is 6.79. The summed E-state index contributed by atoms with van der Waals surface area (Å²) in [5, 5.41) is 0.103. The molecule has 0 fully saturated rings. The van der Waals surface area contributed by atoms with Gasteiger partial charge in [0.1, 0.15) is 5.82 Å². The lowest BCUT2D eigenvalue weighted by Gasteiger charge is -2.24. The maximum atomic E-state index is 6.34. The Labute approximate surface area is 97.1 Å². The highest BCUT2D eigenvalue weighted by molar-refractivity contribution is 6.21. The van der Waals surface area contributed by atoms with Crippen LogP contribution in [0.3, 0.4) is 0 Å². The van der Waals surface area contributed by atoms with E-state index in [4.69, 9.17) is 11.6 Å². The molecule has 0 saturated carbocycles. The Bertz CT molecular complexity index is 322. The Balaban J connectivity index is 2.81. The van der Waals surface area contributed by atoms with E-state index in [1.807, 2.05) is 19.9 Å². The van der Waals surface area contributed by atoms with Gasteiger partial charge in [-0.1, -0.05) is 20.8 Å². The highest BCUT2D eigenvalue weighted by atomic mass is 35.5. The summed E-state index contributed by atoms with van der Waals surface area (Å²) in [6, 6.07) is 2.01. The van der Waals surface area contributed by atoms with E-state index >= 15 is 0 Å². The smallest absolute Gasteiger partial charge is 0.125 e. The summed E-state index contributed by atoms with van der Waals surface area (Å²) in [6.07, 6.45) is 0.801. The molecule has 0 radical (unpaired) electrons. The third-order valence-electron chi connectivity index (χ3n) is 2.35. The van der Waals surface area contributed by atoms with Gasteiger partial charge in [-0.05, 0) is 25.3 Å². The van der Waals surface area contributed by atoms with Gasteiger partial charge in [-0.3, -0.25) is 0 Å². The highest BCUT2D eigenvalue weighted by Crippen LogP contribution is 2.27. The van der Waals surface area contributed by atoms with Gasteiger partial charge in [-0.15, -0.1) is 11.6 Å².